The number of fused-ring (bicyclic) bond motifs is 1. The average molecular weight is 438 g/mol. The molecule has 0 aliphatic carbocycles. The van der Waals surface area contributed by atoms with Crippen molar-refractivity contribution in [2.24, 2.45) is 10.7 Å². The fourth-order valence-corrected chi connectivity index (χ4v) is 3.07. The number of hydrogen-bond acceptors (Lipinski definition) is 8. The second kappa shape index (κ2) is 8.76. The normalized spacial score (nSPS) is 16.4. The van der Waals surface area contributed by atoms with Crippen molar-refractivity contribution >= 4 is 17.8 Å². The third-order valence-corrected chi connectivity index (χ3v) is 4.59. The van der Waals surface area contributed by atoms with E-state index >= 15 is 0 Å². The summed E-state index contributed by atoms with van der Waals surface area (Å²) < 4.78 is 25.1. The van der Waals surface area contributed by atoms with Gasteiger partial charge in [0.15, 0.2) is 17.7 Å². The van der Waals surface area contributed by atoms with Gasteiger partial charge in [-0.2, -0.15) is 0 Å². The molecule has 0 fully saturated rings. The van der Waals surface area contributed by atoms with Crippen LogP contribution in [-0.4, -0.2) is 41.0 Å². The van der Waals surface area contributed by atoms with Crippen LogP contribution >= 0.6 is 0 Å². The van der Waals surface area contributed by atoms with Gasteiger partial charge < -0.3 is 15.2 Å². The second-order valence-corrected chi connectivity index (χ2v) is 6.81. The van der Waals surface area contributed by atoms with E-state index in [0.29, 0.717) is 11.3 Å². The summed E-state index contributed by atoms with van der Waals surface area (Å²) in [6.45, 7) is 0. The van der Waals surface area contributed by atoms with E-state index in [2.05, 4.69) is 20.7 Å². The van der Waals surface area contributed by atoms with Gasteiger partial charge in [-0.15, -0.1) is 0 Å². The predicted molar refractivity (Wildman–Crippen MR) is 112 cm³/mol. The lowest BCUT2D eigenvalue weighted by molar-refractivity contribution is -0.119. The van der Waals surface area contributed by atoms with Crippen LogP contribution in [-0.2, 0) is 16.0 Å². The zero-order chi connectivity index (χ0) is 22.7. The molecule has 1 atom stereocenters. The summed E-state index contributed by atoms with van der Waals surface area (Å²) in [7, 11) is 1.56. The van der Waals surface area contributed by atoms with Gasteiger partial charge in [-0.25, -0.2) is 14.4 Å². The van der Waals surface area contributed by atoms with Gasteiger partial charge in [-0.05, 0) is 35.9 Å². The van der Waals surface area contributed by atoms with Gasteiger partial charge >= 0.3 is 0 Å². The van der Waals surface area contributed by atoms with Gasteiger partial charge in [-0.1, -0.05) is 6.07 Å². The van der Waals surface area contributed by atoms with Crippen molar-refractivity contribution < 1.29 is 23.5 Å². The first-order chi connectivity index (χ1) is 15.4. The SMILES string of the molecule is COC1=CC2N=C(NC(=O)Cc3ccc(Oc4ncccc4C(N)=O)c(F)c3)NN2C=C1. The summed E-state index contributed by atoms with van der Waals surface area (Å²) in [4.78, 5) is 32.1. The van der Waals surface area contributed by atoms with E-state index in [-0.39, 0.29) is 41.6 Å². The average Bonchev–Trinajstić information content (AvgIpc) is 3.16. The summed E-state index contributed by atoms with van der Waals surface area (Å²) in [6.07, 6.45) is 6.25. The third-order valence-electron chi connectivity index (χ3n) is 4.59. The molecule has 0 bridgehead atoms. The van der Waals surface area contributed by atoms with Crippen LogP contribution in [0.15, 0.2) is 65.6 Å². The number of carbonyl (C=O) groups is 2. The Labute approximate surface area is 182 Å². The highest BCUT2D eigenvalue weighted by Gasteiger charge is 2.26. The molecule has 11 heteroatoms. The monoisotopic (exact) mass is 438 g/mol. The maximum atomic E-state index is 14.5. The fraction of sp³-hybridized carbons (Fsp3) is 0.143. The van der Waals surface area contributed by atoms with Crippen molar-refractivity contribution in [1.29, 1.82) is 0 Å². The molecule has 2 aromatic rings. The first kappa shape index (κ1) is 20.8. The quantitative estimate of drug-likeness (QED) is 0.620. The van der Waals surface area contributed by atoms with Gasteiger partial charge in [0.05, 0.1) is 13.5 Å². The highest BCUT2D eigenvalue weighted by Crippen LogP contribution is 2.26. The van der Waals surface area contributed by atoms with Crippen LogP contribution in [0.25, 0.3) is 0 Å². The zero-order valence-electron chi connectivity index (χ0n) is 16.9. The number of benzene rings is 1. The van der Waals surface area contributed by atoms with Crippen LogP contribution in [0.3, 0.4) is 0 Å². The number of guanidine groups is 1. The lowest BCUT2D eigenvalue weighted by atomic mass is 10.1. The Balaban J connectivity index is 1.39. The molecule has 2 amide bonds. The predicted octanol–water partition coefficient (Wildman–Crippen LogP) is 1.33. The number of carbonyl (C=O) groups excluding carboxylic acids is 2. The highest BCUT2D eigenvalue weighted by atomic mass is 19.1. The number of ether oxygens (including phenoxy) is 2. The lowest BCUT2D eigenvalue weighted by Crippen LogP contribution is -2.44. The molecule has 32 heavy (non-hydrogen) atoms. The van der Waals surface area contributed by atoms with Crippen molar-refractivity contribution in [1.82, 2.24) is 20.7 Å². The molecule has 0 saturated carbocycles. The topological polar surface area (TPSA) is 131 Å². The molecule has 0 radical (unpaired) electrons. The third kappa shape index (κ3) is 4.51. The van der Waals surface area contributed by atoms with Crippen molar-refractivity contribution in [2.45, 2.75) is 12.6 Å². The van der Waals surface area contributed by atoms with Gasteiger partial charge in [0.1, 0.15) is 11.3 Å². The molecule has 4 N–H and O–H groups in total. The Bertz CT molecular complexity index is 1160. The smallest absolute Gasteiger partial charge is 0.254 e. The molecule has 1 unspecified atom stereocenters. The van der Waals surface area contributed by atoms with Crippen molar-refractivity contribution in [3.63, 3.8) is 0 Å². The molecule has 3 heterocycles. The highest BCUT2D eigenvalue weighted by molar-refractivity contribution is 5.98. The molecular formula is C21H19FN6O4. The van der Waals surface area contributed by atoms with Crippen LogP contribution in [0.1, 0.15) is 15.9 Å². The molecule has 10 nitrogen and oxygen atoms in total. The van der Waals surface area contributed by atoms with E-state index in [1.54, 1.807) is 30.5 Å². The van der Waals surface area contributed by atoms with Gasteiger partial charge in [0, 0.05) is 18.5 Å². The molecule has 2 aliphatic heterocycles. The van der Waals surface area contributed by atoms with Gasteiger partial charge in [0.2, 0.25) is 17.7 Å². The van der Waals surface area contributed by atoms with Crippen LogP contribution in [0, 0.1) is 5.82 Å². The number of primary amides is 1. The molecular weight excluding hydrogens is 419 g/mol. The number of allylic oxidation sites excluding steroid dienone is 1. The van der Waals surface area contributed by atoms with E-state index in [4.69, 9.17) is 15.2 Å². The minimum atomic E-state index is -0.745. The van der Waals surface area contributed by atoms with Crippen molar-refractivity contribution in [2.75, 3.05) is 7.11 Å². The molecule has 164 valence electrons. The number of aliphatic imine (C=N–C) groups is 1. The van der Waals surface area contributed by atoms with E-state index in [1.807, 2.05) is 0 Å². The summed E-state index contributed by atoms with van der Waals surface area (Å²) in [6, 6.07) is 7.00. The molecule has 1 aromatic heterocycles. The van der Waals surface area contributed by atoms with E-state index in [0.717, 1.165) is 0 Å². The summed E-state index contributed by atoms with van der Waals surface area (Å²) in [5, 5.41) is 4.35. The minimum Gasteiger partial charge on any atom is -0.497 e. The number of pyridine rings is 1. The number of halogens is 1. The van der Waals surface area contributed by atoms with E-state index in [9.17, 15) is 14.0 Å². The number of amides is 2. The maximum absolute atomic E-state index is 14.5. The minimum absolute atomic E-state index is 0.0267. The first-order valence-electron chi connectivity index (χ1n) is 9.50. The first-order valence-corrected chi connectivity index (χ1v) is 9.50. The second-order valence-electron chi connectivity index (χ2n) is 6.81. The molecule has 0 spiro atoms. The van der Waals surface area contributed by atoms with Crippen LogP contribution < -0.4 is 21.2 Å². The molecule has 2 aliphatic rings. The van der Waals surface area contributed by atoms with Crippen LogP contribution in [0.5, 0.6) is 11.6 Å². The van der Waals surface area contributed by atoms with Gasteiger partial charge in [0.25, 0.3) is 5.91 Å². The van der Waals surface area contributed by atoms with Crippen LogP contribution in [0.2, 0.25) is 0 Å². The molecule has 1 aromatic carbocycles. The lowest BCUT2D eigenvalue weighted by Gasteiger charge is -2.22. The largest absolute Gasteiger partial charge is 0.497 e. The molecule has 4 rings (SSSR count). The standard InChI is InChI=1S/C21H19FN6O4/c1-31-13-6-8-28-17(11-13)25-21(27-28)26-18(29)10-12-4-5-16(15(22)9-12)32-20-14(19(23)30)3-2-7-24-20/h2-9,11,17H,10H2,1H3,(H2,23,30)(H2,25,26,27,29). The Morgan fingerprint density at radius 1 is 1.34 bits per heavy atom. The fourth-order valence-electron chi connectivity index (χ4n) is 3.07. The Hall–Kier alpha value is -4.41. The molecule has 0 saturated heterocycles. The Kier molecular flexibility index (Phi) is 5.71. The summed E-state index contributed by atoms with van der Waals surface area (Å²) in [5.41, 5.74) is 8.66. The van der Waals surface area contributed by atoms with Gasteiger partial charge in [-0.3, -0.25) is 25.3 Å². The van der Waals surface area contributed by atoms with E-state index < -0.39 is 11.7 Å². The number of hydrogen-bond donors (Lipinski definition) is 3. The zero-order valence-corrected chi connectivity index (χ0v) is 16.9. The number of nitrogens with one attached hydrogen (secondary N) is 2. The number of rotatable bonds is 6. The van der Waals surface area contributed by atoms with Crippen LogP contribution in [0.4, 0.5) is 4.39 Å². The maximum Gasteiger partial charge on any atom is 0.254 e. The van der Waals surface area contributed by atoms with Crippen molar-refractivity contribution in [3.8, 4) is 11.6 Å². The van der Waals surface area contributed by atoms with Crippen molar-refractivity contribution in [3.05, 3.63) is 77.6 Å². The summed E-state index contributed by atoms with van der Waals surface area (Å²) >= 11 is 0. The number of hydrazine groups is 1. The number of nitrogens with two attached hydrogens (primary N) is 1. The number of aromatic nitrogens is 1. The van der Waals surface area contributed by atoms with E-state index in [1.165, 1.54) is 36.5 Å². The Morgan fingerprint density at radius 2 is 2.19 bits per heavy atom. The Morgan fingerprint density at radius 3 is 2.94 bits per heavy atom. The number of methoxy groups -OCH3 is 1. The summed E-state index contributed by atoms with van der Waals surface area (Å²) in [5.74, 6) is -1.17. The number of nitrogens with zero attached hydrogens (tertiary/aromatic N) is 3.